The van der Waals surface area contributed by atoms with Crippen LogP contribution in [-0.2, 0) is 0 Å². The molecule has 0 unspecified atom stereocenters. The fraction of sp³-hybridized carbons (Fsp3) is 0.0714. The lowest BCUT2D eigenvalue weighted by molar-refractivity contribution is 0.103. The molecule has 0 saturated carbocycles. The van der Waals surface area contributed by atoms with Crippen molar-refractivity contribution >= 4 is 40.0 Å². The second kappa shape index (κ2) is 5.71. The third kappa shape index (κ3) is 2.84. The van der Waals surface area contributed by atoms with Crippen LogP contribution < -0.4 is 4.74 Å². The van der Waals surface area contributed by atoms with Crippen molar-refractivity contribution in [3.8, 4) is 5.75 Å². The highest BCUT2D eigenvalue weighted by molar-refractivity contribution is 14.1. The van der Waals surface area contributed by atoms with Crippen LogP contribution in [-0.4, -0.2) is 12.9 Å². The Morgan fingerprint density at radius 1 is 1.17 bits per heavy atom. The van der Waals surface area contributed by atoms with Crippen molar-refractivity contribution in [2.24, 2.45) is 0 Å². The first-order valence-corrected chi connectivity index (χ1v) is 6.71. The Hall–Kier alpha value is -1.07. The lowest BCUT2D eigenvalue weighted by Crippen LogP contribution is -2.04. The zero-order chi connectivity index (χ0) is 13.1. The summed E-state index contributed by atoms with van der Waals surface area (Å²) in [5, 5.41) is 0.612. The summed E-state index contributed by atoms with van der Waals surface area (Å²) in [5.74, 6) is 0.511. The molecule has 0 spiro atoms. The molecule has 0 amide bonds. The van der Waals surface area contributed by atoms with Crippen LogP contribution in [0.2, 0.25) is 5.02 Å². The molecule has 0 fully saturated rings. The minimum absolute atomic E-state index is 0.0676. The minimum atomic E-state index is -0.0676. The number of carbonyl (C=O) groups excluding carboxylic acids is 1. The van der Waals surface area contributed by atoms with Crippen LogP contribution in [0.3, 0.4) is 0 Å². The van der Waals surface area contributed by atoms with E-state index in [1.807, 2.05) is 12.1 Å². The number of benzene rings is 2. The third-order valence-corrected chi connectivity index (χ3v) is 3.44. The lowest BCUT2D eigenvalue weighted by Gasteiger charge is -2.08. The number of halogens is 2. The molecule has 0 atom stereocenters. The van der Waals surface area contributed by atoms with E-state index in [2.05, 4.69) is 22.6 Å². The molecule has 0 radical (unpaired) electrons. The molecule has 0 aliphatic carbocycles. The van der Waals surface area contributed by atoms with Gasteiger partial charge in [-0.25, -0.2) is 0 Å². The van der Waals surface area contributed by atoms with E-state index in [0.717, 1.165) is 3.57 Å². The van der Waals surface area contributed by atoms with Gasteiger partial charge in [0.15, 0.2) is 5.78 Å². The van der Waals surface area contributed by atoms with Crippen molar-refractivity contribution in [3.63, 3.8) is 0 Å². The smallest absolute Gasteiger partial charge is 0.196 e. The van der Waals surface area contributed by atoms with Gasteiger partial charge >= 0.3 is 0 Å². The number of hydrogen-bond donors (Lipinski definition) is 0. The van der Waals surface area contributed by atoms with Crippen LogP contribution in [0.25, 0.3) is 0 Å². The maximum absolute atomic E-state index is 12.4. The summed E-state index contributed by atoms with van der Waals surface area (Å²) in [7, 11) is 1.56. The normalized spacial score (nSPS) is 10.2. The maximum Gasteiger partial charge on any atom is 0.196 e. The molecule has 0 aliphatic rings. The summed E-state index contributed by atoms with van der Waals surface area (Å²) in [5.41, 5.74) is 1.16. The maximum atomic E-state index is 12.4. The Kier molecular flexibility index (Phi) is 4.24. The molecule has 0 heterocycles. The SMILES string of the molecule is COc1ccc(I)cc1C(=O)c1ccc(Cl)cc1. The fourth-order valence-corrected chi connectivity index (χ4v) is 2.23. The molecular formula is C14H10ClIO2. The standard InChI is InChI=1S/C14H10ClIO2/c1-18-13-7-6-11(16)8-12(13)14(17)9-2-4-10(15)5-3-9/h2-8H,1H3. The summed E-state index contributed by atoms with van der Waals surface area (Å²) in [4.78, 5) is 12.4. The van der Waals surface area contributed by atoms with Crippen molar-refractivity contribution < 1.29 is 9.53 Å². The Morgan fingerprint density at radius 2 is 1.83 bits per heavy atom. The second-order valence-corrected chi connectivity index (χ2v) is 5.36. The number of hydrogen-bond acceptors (Lipinski definition) is 2. The first-order valence-electron chi connectivity index (χ1n) is 5.25. The van der Waals surface area contributed by atoms with Crippen LogP contribution in [0.5, 0.6) is 5.75 Å². The summed E-state index contributed by atoms with van der Waals surface area (Å²) in [6, 6.07) is 12.3. The van der Waals surface area contributed by atoms with Crippen LogP contribution in [0, 0.1) is 3.57 Å². The monoisotopic (exact) mass is 372 g/mol. The van der Waals surface area contributed by atoms with Gasteiger partial charge in [-0.05, 0) is 65.1 Å². The van der Waals surface area contributed by atoms with Crippen LogP contribution in [0.15, 0.2) is 42.5 Å². The number of ketones is 1. The molecule has 0 aliphatic heterocycles. The molecule has 2 aromatic rings. The summed E-state index contributed by atoms with van der Waals surface area (Å²) < 4.78 is 6.21. The Morgan fingerprint density at radius 3 is 2.44 bits per heavy atom. The van der Waals surface area contributed by atoms with Crippen molar-refractivity contribution in [3.05, 3.63) is 62.2 Å². The fourth-order valence-electron chi connectivity index (χ4n) is 1.61. The van der Waals surface area contributed by atoms with E-state index >= 15 is 0 Å². The zero-order valence-corrected chi connectivity index (χ0v) is 12.5. The van der Waals surface area contributed by atoms with Crippen molar-refractivity contribution in [2.45, 2.75) is 0 Å². The molecule has 0 bridgehead atoms. The molecule has 2 nitrogen and oxygen atoms in total. The van der Waals surface area contributed by atoms with Gasteiger partial charge in [0, 0.05) is 14.2 Å². The molecule has 4 heteroatoms. The van der Waals surface area contributed by atoms with E-state index in [9.17, 15) is 4.79 Å². The Bertz CT molecular complexity index is 579. The number of carbonyl (C=O) groups is 1. The predicted octanol–water partition coefficient (Wildman–Crippen LogP) is 4.18. The minimum Gasteiger partial charge on any atom is -0.496 e. The lowest BCUT2D eigenvalue weighted by atomic mass is 10.0. The van der Waals surface area contributed by atoms with Gasteiger partial charge in [0.05, 0.1) is 12.7 Å². The number of ether oxygens (including phenoxy) is 1. The number of methoxy groups -OCH3 is 1. The van der Waals surface area contributed by atoms with Gasteiger partial charge in [-0.3, -0.25) is 4.79 Å². The first kappa shape index (κ1) is 13.4. The topological polar surface area (TPSA) is 26.3 Å². The van der Waals surface area contributed by atoms with E-state index in [-0.39, 0.29) is 5.78 Å². The van der Waals surface area contributed by atoms with E-state index in [0.29, 0.717) is 21.9 Å². The number of rotatable bonds is 3. The first-order chi connectivity index (χ1) is 8.61. The molecule has 2 aromatic carbocycles. The highest BCUT2D eigenvalue weighted by atomic mass is 127. The van der Waals surface area contributed by atoms with Crippen molar-refractivity contribution in [2.75, 3.05) is 7.11 Å². The Labute approximate surface area is 124 Å². The van der Waals surface area contributed by atoms with Gasteiger partial charge < -0.3 is 4.74 Å². The van der Waals surface area contributed by atoms with Gasteiger partial charge in [-0.1, -0.05) is 11.6 Å². The largest absolute Gasteiger partial charge is 0.496 e. The molecule has 0 aromatic heterocycles. The molecule has 0 N–H and O–H groups in total. The highest BCUT2D eigenvalue weighted by Crippen LogP contribution is 2.24. The van der Waals surface area contributed by atoms with Gasteiger partial charge in [-0.2, -0.15) is 0 Å². The summed E-state index contributed by atoms with van der Waals surface area (Å²) in [6.07, 6.45) is 0. The zero-order valence-electron chi connectivity index (χ0n) is 9.61. The molecule has 2 rings (SSSR count). The van der Waals surface area contributed by atoms with E-state index in [4.69, 9.17) is 16.3 Å². The van der Waals surface area contributed by atoms with Crippen LogP contribution in [0.4, 0.5) is 0 Å². The van der Waals surface area contributed by atoms with Gasteiger partial charge in [-0.15, -0.1) is 0 Å². The molecule has 92 valence electrons. The Balaban J connectivity index is 2.45. The predicted molar refractivity (Wildman–Crippen MR) is 80.6 cm³/mol. The van der Waals surface area contributed by atoms with Gasteiger partial charge in [0.1, 0.15) is 5.75 Å². The molecule has 0 saturated heterocycles. The van der Waals surface area contributed by atoms with E-state index in [1.54, 1.807) is 37.4 Å². The van der Waals surface area contributed by atoms with E-state index in [1.165, 1.54) is 0 Å². The average molecular weight is 373 g/mol. The van der Waals surface area contributed by atoms with Crippen LogP contribution in [0.1, 0.15) is 15.9 Å². The summed E-state index contributed by atoms with van der Waals surface area (Å²) in [6.45, 7) is 0. The van der Waals surface area contributed by atoms with E-state index < -0.39 is 0 Å². The third-order valence-electron chi connectivity index (χ3n) is 2.51. The molecule has 18 heavy (non-hydrogen) atoms. The van der Waals surface area contributed by atoms with Crippen molar-refractivity contribution in [1.29, 1.82) is 0 Å². The van der Waals surface area contributed by atoms with Crippen LogP contribution >= 0.6 is 34.2 Å². The molecular weight excluding hydrogens is 363 g/mol. The second-order valence-electron chi connectivity index (χ2n) is 3.68. The highest BCUT2D eigenvalue weighted by Gasteiger charge is 2.14. The van der Waals surface area contributed by atoms with Crippen molar-refractivity contribution in [1.82, 2.24) is 0 Å². The summed E-state index contributed by atoms with van der Waals surface area (Å²) >= 11 is 7.98. The quantitative estimate of drug-likeness (QED) is 0.597. The van der Waals surface area contributed by atoms with Gasteiger partial charge in [0.2, 0.25) is 0 Å². The van der Waals surface area contributed by atoms with Gasteiger partial charge in [0.25, 0.3) is 0 Å². The average Bonchev–Trinajstić information content (AvgIpc) is 2.39.